The Bertz CT molecular complexity index is 958. The number of rotatable bonds is 12. The number of hydrazone groups is 1. The molecule has 7 nitrogen and oxygen atoms in total. The lowest BCUT2D eigenvalue weighted by Crippen LogP contribution is -2.45. The van der Waals surface area contributed by atoms with Gasteiger partial charge in [0.05, 0.1) is 23.5 Å². The maximum Gasteiger partial charge on any atom is 0.244 e. The van der Waals surface area contributed by atoms with E-state index in [1.807, 2.05) is 56.0 Å². The van der Waals surface area contributed by atoms with Crippen molar-refractivity contribution in [3.8, 4) is 0 Å². The average Bonchev–Trinajstić information content (AvgIpc) is 3.08. The van der Waals surface area contributed by atoms with Crippen LogP contribution in [0.4, 0.5) is 0 Å². The predicted octanol–water partition coefficient (Wildman–Crippen LogP) is 5.71. The topological polar surface area (TPSA) is 61.3 Å². The molecule has 0 bridgehead atoms. The van der Waals surface area contributed by atoms with Gasteiger partial charge in [-0.1, -0.05) is 30.3 Å². The van der Waals surface area contributed by atoms with Crippen molar-refractivity contribution in [3.63, 3.8) is 0 Å². The number of allylic oxidation sites excluding steroid dienone is 4. The number of aromatic nitrogens is 1. The number of hydrogen-bond acceptors (Lipinski definition) is 6. The molecule has 0 spiro atoms. The van der Waals surface area contributed by atoms with E-state index in [4.69, 9.17) is 16.3 Å². The first-order valence-electron chi connectivity index (χ1n) is 11.9. The molecule has 0 aromatic carbocycles. The summed E-state index contributed by atoms with van der Waals surface area (Å²) >= 11 is 10.9. The zero-order valence-corrected chi connectivity index (χ0v) is 23.8. The van der Waals surface area contributed by atoms with Crippen molar-refractivity contribution in [3.05, 3.63) is 71.4 Å². The Kier molecular flexibility index (Phi) is 14.6. The predicted molar refractivity (Wildman–Crippen MR) is 152 cm³/mol. The molecule has 0 unspecified atom stereocenters. The van der Waals surface area contributed by atoms with Gasteiger partial charge in [0.2, 0.25) is 5.91 Å². The molecule has 36 heavy (non-hydrogen) atoms. The van der Waals surface area contributed by atoms with Gasteiger partial charge in [0.1, 0.15) is 12.3 Å². The summed E-state index contributed by atoms with van der Waals surface area (Å²) in [6, 6.07) is 5.62. The zero-order valence-electron chi connectivity index (χ0n) is 22.2. The number of carbonyl (C=O) groups excluding carboxylic acids is 1. The minimum atomic E-state index is -0.0227. The summed E-state index contributed by atoms with van der Waals surface area (Å²) in [5.41, 5.74) is 2.33. The highest BCUT2D eigenvalue weighted by Gasteiger charge is 2.22. The van der Waals surface area contributed by atoms with Crippen molar-refractivity contribution in [1.29, 1.82) is 0 Å². The number of carbonyl (C=O) groups is 1. The van der Waals surface area contributed by atoms with Crippen LogP contribution in [0.3, 0.4) is 0 Å². The number of ether oxygens (including phenoxy) is 1. The largest absolute Gasteiger partial charge is 0.499 e. The first-order valence-corrected chi connectivity index (χ1v) is 13.0. The Morgan fingerprint density at radius 1 is 1.28 bits per heavy atom. The standard InChI is InChI=1S/C26H36ClN5O2.CH3Cl/c1-7-29-32(21(5)24-11-9-10-16-28-24)19-26(33)31(20(3)4)18-17-30(8-2)22-12-14-23(27)25(34-6)15-13-22;1-2/h7,9-14,16,20H,5,8,15,17-19H2,1-4,6H3;1H3/b29-7+;. The first-order chi connectivity index (χ1) is 17.3. The summed E-state index contributed by atoms with van der Waals surface area (Å²) in [6.45, 7) is 14.2. The van der Waals surface area contributed by atoms with Crippen LogP contribution in [0, 0.1) is 0 Å². The molecule has 0 N–H and O–H groups in total. The van der Waals surface area contributed by atoms with E-state index < -0.39 is 0 Å². The van der Waals surface area contributed by atoms with Crippen molar-refractivity contribution in [1.82, 2.24) is 19.8 Å². The fraction of sp³-hybridized carbons (Fsp3) is 0.444. The number of likely N-dealkylation sites (N-methyl/N-ethyl adjacent to an activating group) is 1. The Morgan fingerprint density at radius 3 is 2.56 bits per heavy atom. The Balaban J connectivity index is 0.00000316. The van der Waals surface area contributed by atoms with Crippen LogP contribution in [0.25, 0.3) is 5.70 Å². The minimum absolute atomic E-state index is 0.0227. The van der Waals surface area contributed by atoms with Gasteiger partial charge < -0.3 is 14.5 Å². The van der Waals surface area contributed by atoms with Crippen molar-refractivity contribution in [2.24, 2.45) is 5.10 Å². The second-order valence-corrected chi connectivity index (χ2v) is 8.40. The van der Waals surface area contributed by atoms with Gasteiger partial charge in [0.15, 0.2) is 0 Å². The highest BCUT2D eigenvalue weighted by atomic mass is 35.5. The number of alkyl halides is 1. The lowest BCUT2D eigenvalue weighted by molar-refractivity contribution is -0.133. The highest BCUT2D eigenvalue weighted by Crippen LogP contribution is 2.23. The summed E-state index contributed by atoms with van der Waals surface area (Å²) in [7, 11) is 1.63. The van der Waals surface area contributed by atoms with Crippen LogP contribution in [0.2, 0.25) is 0 Å². The molecule has 0 fully saturated rings. The molecule has 0 aliphatic heterocycles. The maximum absolute atomic E-state index is 13.3. The fourth-order valence-corrected chi connectivity index (χ4v) is 3.85. The van der Waals surface area contributed by atoms with Crippen LogP contribution in [0.1, 0.15) is 39.8 Å². The maximum atomic E-state index is 13.3. The van der Waals surface area contributed by atoms with Crippen molar-refractivity contribution in [2.45, 2.75) is 40.2 Å². The number of halogens is 2. The molecule has 0 atom stereocenters. The molecular weight excluding hydrogens is 497 g/mol. The molecule has 198 valence electrons. The Hall–Kier alpha value is -2.77. The molecule has 0 saturated heterocycles. The van der Waals surface area contributed by atoms with E-state index in [-0.39, 0.29) is 18.5 Å². The Labute approximate surface area is 226 Å². The van der Waals surface area contributed by atoms with E-state index in [0.29, 0.717) is 35.9 Å². The SMILES string of the molecule is C=C(c1ccccn1)N(CC(=O)N(CCN(CC)C1=CCC(OC)=C(Cl)C=C1)C(C)C)/N=C/C.CCl. The highest BCUT2D eigenvalue weighted by molar-refractivity contribution is 6.31. The number of pyridine rings is 1. The van der Waals surface area contributed by atoms with E-state index >= 15 is 0 Å². The second-order valence-electron chi connectivity index (χ2n) is 8.00. The van der Waals surface area contributed by atoms with E-state index in [0.717, 1.165) is 18.0 Å². The minimum Gasteiger partial charge on any atom is -0.499 e. The quantitative estimate of drug-likeness (QED) is 0.195. The molecular formula is C27H39Cl2N5O2. The lowest BCUT2D eigenvalue weighted by atomic mass is 10.2. The summed E-state index contributed by atoms with van der Waals surface area (Å²) < 4.78 is 5.37. The van der Waals surface area contributed by atoms with Gasteiger partial charge in [0.25, 0.3) is 0 Å². The third-order valence-electron chi connectivity index (χ3n) is 5.52. The van der Waals surface area contributed by atoms with Gasteiger partial charge in [-0.3, -0.25) is 14.8 Å². The number of amides is 1. The van der Waals surface area contributed by atoms with Crippen LogP contribution in [-0.2, 0) is 9.53 Å². The summed E-state index contributed by atoms with van der Waals surface area (Å²) in [5, 5.41) is 6.57. The third-order valence-corrected chi connectivity index (χ3v) is 5.86. The van der Waals surface area contributed by atoms with E-state index in [1.54, 1.807) is 24.5 Å². The second kappa shape index (κ2) is 16.8. The summed E-state index contributed by atoms with van der Waals surface area (Å²) in [4.78, 5) is 21.8. The third kappa shape index (κ3) is 9.36. The molecule has 0 saturated carbocycles. The molecule has 2 rings (SSSR count). The zero-order chi connectivity index (χ0) is 27.1. The van der Waals surface area contributed by atoms with Gasteiger partial charge >= 0.3 is 0 Å². The molecule has 1 aromatic rings. The van der Waals surface area contributed by atoms with Crippen LogP contribution < -0.4 is 0 Å². The Morgan fingerprint density at radius 2 is 2.00 bits per heavy atom. The molecule has 9 heteroatoms. The van der Waals surface area contributed by atoms with E-state index in [9.17, 15) is 4.79 Å². The van der Waals surface area contributed by atoms with Crippen molar-refractivity contribution < 1.29 is 9.53 Å². The summed E-state index contributed by atoms with van der Waals surface area (Å²) in [6.07, 6.45) is 11.4. The van der Waals surface area contributed by atoms with Gasteiger partial charge in [-0.25, -0.2) is 0 Å². The van der Waals surface area contributed by atoms with Gasteiger partial charge in [0, 0.05) is 56.6 Å². The molecule has 0 radical (unpaired) electrons. The van der Waals surface area contributed by atoms with Crippen molar-refractivity contribution >= 4 is 41.0 Å². The first kappa shape index (κ1) is 31.3. The molecule has 1 aromatic heterocycles. The van der Waals surface area contributed by atoms with Gasteiger partial charge in [-0.05, 0) is 52.0 Å². The van der Waals surface area contributed by atoms with Gasteiger partial charge in [-0.2, -0.15) is 5.10 Å². The van der Waals surface area contributed by atoms with Crippen LogP contribution in [0.5, 0.6) is 0 Å². The number of methoxy groups -OCH3 is 1. The lowest BCUT2D eigenvalue weighted by Gasteiger charge is -2.33. The normalized spacial score (nSPS) is 13.1. The van der Waals surface area contributed by atoms with E-state index in [2.05, 4.69) is 46.2 Å². The molecule has 1 aliphatic carbocycles. The average molecular weight is 537 g/mol. The molecule has 1 heterocycles. The van der Waals surface area contributed by atoms with Crippen molar-refractivity contribution in [2.75, 3.05) is 39.7 Å². The fourth-order valence-electron chi connectivity index (χ4n) is 3.63. The molecule has 1 amide bonds. The molecule has 1 aliphatic rings. The van der Waals surface area contributed by atoms with Gasteiger partial charge in [-0.15, -0.1) is 11.6 Å². The smallest absolute Gasteiger partial charge is 0.244 e. The monoisotopic (exact) mass is 535 g/mol. The number of nitrogens with zero attached hydrogens (tertiary/aromatic N) is 5. The number of hydrogen-bond donors (Lipinski definition) is 0. The van der Waals surface area contributed by atoms with Crippen LogP contribution in [0.15, 0.2) is 70.8 Å². The van der Waals surface area contributed by atoms with E-state index in [1.165, 1.54) is 6.38 Å². The van der Waals surface area contributed by atoms with Crippen LogP contribution >= 0.6 is 23.2 Å². The summed E-state index contributed by atoms with van der Waals surface area (Å²) in [5.74, 6) is 0.721. The van der Waals surface area contributed by atoms with Crippen LogP contribution in [-0.4, -0.2) is 77.6 Å².